The van der Waals surface area contributed by atoms with E-state index in [4.69, 9.17) is 14.2 Å². The number of hydrogen-bond donors (Lipinski definition) is 0. The normalized spacial score (nSPS) is 12.7. The Morgan fingerprint density at radius 2 is 0.677 bits per heavy atom. The number of esters is 3. The van der Waals surface area contributed by atoms with Crippen molar-refractivity contribution in [1.29, 1.82) is 0 Å². The van der Waals surface area contributed by atoms with E-state index in [-0.39, 0.29) is 37.5 Å². The number of unbranched alkanes of at least 4 members (excludes halogenated alkanes) is 25. The Morgan fingerprint density at radius 1 is 0.338 bits per heavy atom. The highest BCUT2D eigenvalue weighted by molar-refractivity contribution is 5.71. The van der Waals surface area contributed by atoms with Crippen LogP contribution in [0, 0.1) is 0 Å². The predicted octanol–water partition coefficient (Wildman–Crippen LogP) is 18.0. The summed E-state index contributed by atoms with van der Waals surface area (Å²) in [4.78, 5) is 38.0. The summed E-state index contributed by atoms with van der Waals surface area (Å²) in [6, 6.07) is 0. The van der Waals surface area contributed by atoms with Gasteiger partial charge >= 0.3 is 17.9 Å². The highest BCUT2D eigenvalue weighted by atomic mass is 16.6. The molecular formula is C59H100O6. The van der Waals surface area contributed by atoms with Gasteiger partial charge in [-0.1, -0.05) is 241 Å². The zero-order valence-corrected chi connectivity index (χ0v) is 42.5. The summed E-state index contributed by atoms with van der Waals surface area (Å²) in [5, 5.41) is 0. The van der Waals surface area contributed by atoms with Crippen LogP contribution in [0.4, 0.5) is 0 Å². The van der Waals surface area contributed by atoms with E-state index < -0.39 is 6.10 Å². The van der Waals surface area contributed by atoms with Gasteiger partial charge < -0.3 is 14.2 Å². The van der Waals surface area contributed by atoms with Crippen molar-refractivity contribution in [1.82, 2.24) is 0 Å². The van der Waals surface area contributed by atoms with Crippen molar-refractivity contribution in [2.45, 2.75) is 258 Å². The first-order valence-electron chi connectivity index (χ1n) is 27.1. The second-order valence-corrected chi connectivity index (χ2v) is 17.8. The van der Waals surface area contributed by atoms with Gasteiger partial charge in [0.1, 0.15) is 13.2 Å². The molecule has 0 spiro atoms. The molecule has 0 saturated heterocycles. The van der Waals surface area contributed by atoms with Crippen LogP contribution in [0.5, 0.6) is 0 Å². The standard InChI is InChI=1S/C59H100O6/c1-4-7-10-13-16-19-22-25-27-29-31-34-37-40-43-46-49-52-58(61)64-55-56(54-63-57(60)51-48-45-42-39-36-33-24-21-18-15-12-9-6-3)65-59(62)53-50-47-44-41-38-35-32-30-28-26-23-20-17-14-11-8-5-2/h9,12,15-16,18-19,21,24-25,27,31,34,40,43,56H,4-8,10-11,13-14,17,20,22-23,26,28-30,32-33,35-39,41-42,44-55H2,1-3H3/b12-9+,18-15+,19-16+,24-21+,27-25+,34-31+,43-40+. The lowest BCUT2D eigenvalue weighted by Gasteiger charge is -2.18. The zero-order valence-electron chi connectivity index (χ0n) is 42.5. The number of carbonyl (C=O) groups is 3. The van der Waals surface area contributed by atoms with E-state index in [1.807, 2.05) is 0 Å². The largest absolute Gasteiger partial charge is 0.462 e. The molecule has 0 aromatic rings. The van der Waals surface area contributed by atoms with Crippen LogP contribution in [-0.4, -0.2) is 37.2 Å². The Morgan fingerprint density at radius 3 is 1.15 bits per heavy atom. The van der Waals surface area contributed by atoms with Crippen LogP contribution in [0.15, 0.2) is 85.1 Å². The number of carbonyl (C=O) groups excluding carboxylic acids is 3. The third-order valence-electron chi connectivity index (χ3n) is 11.4. The van der Waals surface area contributed by atoms with Crippen LogP contribution < -0.4 is 0 Å². The maximum atomic E-state index is 12.8. The molecule has 0 N–H and O–H groups in total. The summed E-state index contributed by atoms with van der Waals surface area (Å²) in [5.41, 5.74) is 0. The van der Waals surface area contributed by atoms with E-state index in [9.17, 15) is 14.4 Å². The Bertz CT molecular complexity index is 1270. The van der Waals surface area contributed by atoms with Gasteiger partial charge in [0.2, 0.25) is 0 Å². The second kappa shape index (κ2) is 53.2. The van der Waals surface area contributed by atoms with Crippen LogP contribution in [0.3, 0.4) is 0 Å². The molecule has 372 valence electrons. The number of ether oxygens (including phenoxy) is 3. The van der Waals surface area contributed by atoms with Gasteiger partial charge in [-0.25, -0.2) is 0 Å². The molecular weight excluding hydrogens is 805 g/mol. The molecule has 6 nitrogen and oxygen atoms in total. The predicted molar refractivity (Wildman–Crippen MR) is 279 cm³/mol. The lowest BCUT2D eigenvalue weighted by atomic mass is 10.0. The molecule has 0 bridgehead atoms. The van der Waals surface area contributed by atoms with Gasteiger partial charge in [0.15, 0.2) is 6.10 Å². The van der Waals surface area contributed by atoms with Crippen LogP contribution >= 0.6 is 0 Å². The highest BCUT2D eigenvalue weighted by Gasteiger charge is 2.19. The lowest BCUT2D eigenvalue weighted by molar-refractivity contribution is -0.167. The highest BCUT2D eigenvalue weighted by Crippen LogP contribution is 2.15. The van der Waals surface area contributed by atoms with Gasteiger partial charge in [-0.05, 0) is 77.0 Å². The van der Waals surface area contributed by atoms with Gasteiger partial charge in [-0.15, -0.1) is 0 Å². The lowest BCUT2D eigenvalue weighted by Crippen LogP contribution is -2.30. The molecule has 0 amide bonds. The Labute approximate surface area is 401 Å². The Hall–Kier alpha value is -3.41. The van der Waals surface area contributed by atoms with E-state index in [0.717, 1.165) is 89.9 Å². The van der Waals surface area contributed by atoms with Gasteiger partial charge in [0, 0.05) is 19.3 Å². The molecule has 1 unspecified atom stereocenters. The summed E-state index contributed by atoms with van der Waals surface area (Å²) in [6.45, 7) is 6.42. The minimum Gasteiger partial charge on any atom is -0.462 e. The fourth-order valence-electron chi connectivity index (χ4n) is 7.38. The molecule has 0 radical (unpaired) electrons. The van der Waals surface area contributed by atoms with Crippen LogP contribution in [0.2, 0.25) is 0 Å². The Balaban J connectivity index is 4.47. The molecule has 0 aliphatic carbocycles. The van der Waals surface area contributed by atoms with E-state index in [2.05, 4.69) is 106 Å². The molecule has 0 aliphatic rings. The summed E-state index contributed by atoms with van der Waals surface area (Å²) in [7, 11) is 0. The van der Waals surface area contributed by atoms with Gasteiger partial charge in [-0.3, -0.25) is 14.4 Å². The SMILES string of the molecule is CC/C=C/C=C/C=C/CCCCCCCC(=O)OCC(COC(=O)CCC/C=C/C/C=C/C/C=C/C/C=C/CCCCC)OC(=O)CCCCCCCCCCCCCCCCCCC. The molecule has 65 heavy (non-hydrogen) atoms. The number of rotatable bonds is 48. The van der Waals surface area contributed by atoms with Crippen molar-refractivity contribution in [3.05, 3.63) is 85.1 Å². The summed E-state index contributed by atoms with van der Waals surface area (Å²) >= 11 is 0. The number of allylic oxidation sites excluding steroid dienone is 14. The third kappa shape index (κ3) is 51.4. The van der Waals surface area contributed by atoms with E-state index in [0.29, 0.717) is 19.3 Å². The van der Waals surface area contributed by atoms with Gasteiger partial charge in [0.25, 0.3) is 0 Å². The molecule has 0 aromatic heterocycles. The van der Waals surface area contributed by atoms with E-state index in [1.165, 1.54) is 116 Å². The van der Waals surface area contributed by atoms with E-state index in [1.54, 1.807) is 0 Å². The molecule has 0 heterocycles. The average Bonchev–Trinajstić information content (AvgIpc) is 3.30. The van der Waals surface area contributed by atoms with Crippen LogP contribution in [-0.2, 0) is 28.6 Å². The first-order chi connectivity index (χ1) is 32.0. The van der Waals surface area contributed by atoms with Crippen molar-refractivity contribution in [3.63, 3.8) is 0 Å². The minimum atomic E-state index is -0.805. The fourth-order valence-corrected chi connectivity index (χ4v) is 7.38. The Kier molecular flexibility index (Phi) is 50.4. The van der Waals surface area contributed by atoms with E-state index >= 15 is 0 Å². The maximum absolute atomic E-state index is 12.8. The fraction of sp³-hybridized carbons (Fsp3) is 0.712. The van der Waals surface area contributed by atoms with Crippen LogP contribution in [0.1, 0.15) is 252 Å². The summed E-state index contributed by atoms with van der Waals surface area (Å²) < 4.78 is 16.8. The molecule has 6 heteroatoms. The van der Waals surface area contributed by atoms with Crippen molar-refractivity contribution in [2.75, 3.05) is 13.2 Å². The molecule has 0 aromatic carbocycles. The molecule has 0 aliphatic heterocycles. The number of hydrogen-bond acceptors (Lipinski definition) is 6. The van der Waals surface area contributed by atoms with Crippen molar-refractivity contribution < 1.29 is 28.6 Å². The average molecular weight is 905 g/mol. The second-order valence-electron chi connectivity index (χ2n) is 17.8. The molecule has 0 saturated carbocycles. The quantitative estimate of drug-likeness (QED) is 0.0199. The van der Waals surface area contributed by atoms with Crippen molar-refractivity contribution in [3.8, 4) is 0 Å². The molecule has 0 fully saturated rings. The van der Waals surface area contributed by atoms with Gasteiger partial charge in [0.05, 0.1) is 0 Å². The smallest absolute Gasteiger partial charge is 0.306 e. The summed E-state index contributed by atoms with van der Waals surface area (Å²) in [6.07, 6.45) is 68.6. The van der Waals surface area contributed by atoms with Gasteiger partial charge in [-0.2, -0.15) is 0 Å². The summed E-state index contributed by atoms with van der Waals surface area (Å²) in [5.74, 6) is -0.975. The maximum Gasteiger partial charge on any atom is 0.306 e. The first-order valence-corrected chi connectivity index (χ1v) is 27.1. The van der Waals surface area contributed by atoms with Crippen molar-refractivity contribution >= 4 is 17.9 Å². The molecule has 1 atom stereocenters. The topological polar surface area (TPSA) is 78.9 Å². The zero-order chi connectivity index (χ0) is 47.2. The minimum absolute atomic E-state index is 0.103. The third-order valence-corrected chi connectivity index (χ3v) is 11.4. The van der Waals surface area contributed by atoms with Crippen molar-refractivity contribution in [2.24, 2.45) is 0 Å². The first kappa shape index (κ1) is 61.6. The monoisotopic (exact) mass is 905 g/mol. The molecule has 0 rings (SSSR count). The van der Waals surface area contributed by atoms with Crippen LogP contribution in [0.25, 0.3) is 0 Å².